The van der Waals surface area contributed by atoms with E-state index in [1.54, 1.807) is 0 Å². The summed E-state index contributed by atoms with van der Waals surface area (Å²) in [6, 6.07) is 8.59. The first-order valence-corrected chi connectivity index (χ1v) is 10.9. The van der Waals surface area contributed by atoms with E-state index in [4.69, 9.17) is 11.6 Å². The summed E-state index contributed by atoms with van der Waals surface area (Å²) in [7, 11) is 0. The summed E-state index contributed by atoms with van der Waals surface area (Å²) in [6.07, 6.45) is 17.6. The van der Waals surface area contributed by atoms with Crippen molar-refractivity contribution in [3.63, 3.8) is 0 Å². The maximum atomic E-state index is 6.02. The molecule has 1 aromatic rings. The summed E-state index contributed by atoms with van der Waals surface area (Å²) in [5, 5.41) is 0.863. The number of hydrogen-bond acceptors (Lipinski definition) is 0. The van der Waals surface area contributed by atoms with Gasteiger partial charge in [-0.05, 0) is 73.5 Å². The SMILES string of the molecule is CCCCC1CCC(CC2CCC(c3ccc(Cl)cc3)CC2)CC1. The highest BCUT2D eigenvalue weighted by Crippen LogP contribution is 2.41. The highest BCUT2D eigenvalue weighted by molar-refractivity contribution is 6.30. The van der Waals surface area contributed by atoms with Crippen molar-refractivity contribution in [2.45, 2.75) is 89.9 Å². The quantitative estimate of drug-likeness (QED) is 0.489. The van der Waals surface area contributed by atoms with E-state index in [1.807, 2.05) is 0 Å². The monoisotopic (exact) mass is 346 g/mol. The summed E-state index contributed by atoms with van der Waals surface area (Å²) in [6.45, 7) is 2.33. The van der Waals surface area contributed by atoms with Gasteiger partial charge >= 0.3 is 0 Å². The summed E-state index contributed by atoms with van der Waals surface area (Å²) in [5.74, 6) is 3.89. The molecule has 0 spiro atoms. The molecule has 0 bridgehead atoms. The van der Waals surface area contributed by atoms with Crippen LogP contribution in [0.3, 0.4) is 0 Å². The number of benzene rings is 1. The molecule has 1 heteroatoms. The standard InChI is InChI=1S/C23H35Cl/c1-2-3-4-18-5-7-19(8-6-18)17-20-9-11-21(12-10-20)22-13-15-23(24)16-14-22/h13-16,18-21H,2-12,17H2,1H3. The fraction of sp³-hybridized carbons (Fsp3) is 0.739. The third kappa shape index (κ3) is 5.25. The highest BCUT2D eigenvalue weighted by atomic mass is 35.5. The zero-order valence-corrected chi connectivity index (χ0v) is 16.2. The second kappa shape index (κ2) is 9.27. The Bertz CT molecular complexity index is 461. The second-order valence-electron chi connectivity index (χ2n) is 8.53. The summed E-state index contributed by atoms with van der Waals surface area (Å²) in [4.78, 5) is 0. The van der Waals surface area contributed by atoms with Crippen molar-refractivity contribution in [1.82, 2.24) is 0 Å². The molecule has 2 saturated carbocycles. The Hall–Kier alpha value is -0.490. The lowest BCUT2D eigenvalue weighted by Gasteiger charge is -2.34. The topological polar surface area (TPSA) is 0 Å². The Kier molecular flexibility index (Phi) is 7.07. The van der Waals surface area contributed by atoms with Gasteiger partial charge in [0.15, 0.2) is 0 Å². The summed E-state index contributed by atoms with van der Waals surface area (Å²) >= 11 is 6.02. The molecule has 0 radical (unpaired) electrons. The molecule has 2 fully saturated rings. The minimum atomic E-state index is 0.781. The van der Waals surface area contributed by atoms with Crippen LogP contribution in [0.4, 0.5) is 0 Å². The Balaban J connectivity index is 1.38. The van der Waals surface area contributed by atoms with Crippen molar-refractivity contribution in [3.8, 4) is 0 Å². The van der Waals surface area contributed by atoms with Gasteiger partial charge in [0.2, 0.25) is 0 Å². The van der Waals surface area contributed by atoms with Crippen molar-refractivity contribution in [3.05, 3.63) is 34.9 Å². The Labute approximate surface area is 154 Å². The third-order valence-corrected chi connectivity index (χ3v) is 7.04. The second-order valence-corrected chi connectivity index (χ2v) is 8.97. The van der Waals surface area contributed by atoms with Gasteiger partial charge in [0.25, 0.3) is 0 Å². The van der Waals surface area contributed by atoms with E-state index < -0.39 is 0 Å². The maximum Gasteiger partial charge on any atom is 0.0406 e. The highest BCUT2D eigenvalue weighted by Gasteiger charge is 2.27. The molecule has 0 amide bonds. The van der Waals surface area contributed by atoms with Gasteiger partial charge in [-0.2, -0.15) is 0 Å². The third-order valence-electron chi connectivity index (χ3n) is 6.79. The average Bonchev–Trinajstić information content (AvgIpc) is 2.63. The largest absolute Gasteiger partial charge is 0.0843 e. The van der Waals surface area contributed by atoms with Gasteiger partial charge in [0, 0.05) is 5.02 Å². The van der Waals surface area contributed by atoms with Gasteiger partial charge in [-0.15, -0.1) is 0 Å². The number of unbranched alkanes of at least 4 members (excludes halogenated alkanes) is 1. The predicted octanol–water partition coefficient (Wildman–Crippen LogP) is 8.00. The van der Waals surface area contributed by atoms with Crippen LogP contribution in [0.5, 0.6) is 0 Å². The molecule has 2 aliphatic carbocycles. The van der Waals surface area contributed by atoms with Crippen molar-refractivity contribution < 1.29 is 0 Å². The Morgan fingerprint density at radius 1 is 0.792 bits per heavy atom. The van der Waals surface area contributed by atoms with Gasteiger partial charge in [-0.25, -0.2) is 0 Å². The fourth-order valence-electron chi connectivity index (χ4n) is 5.19. The molecule has 0 aromatic heterocycles. The molecule has 0 heterocycles. The Morgan fingerprint density at radius 2 is 1.33 bits per heavy atom. The molecule has 0 nitrogen and oxygen atoms in total. The molecule has 0 saturated heterocycles. The van der Waals surface area contributed by atoms with Crippen LogP contribution in [0.15, 0.2) is 24.3 Å². The molecule has 0 atom stereocenters. The van der Waals surface area contributed by atoms with Gasteiger partial charge in [0.1, 0.15) is 0 Å². The van der Waals surface area contributed by atoms with Crippen LogP contribution in [0, 0.1) is 17.8 Å². The van der Waals surface area contributed by atoms with Crippen LogP contribution in [-0.2, 0) is 0 Å². The van der Waals surface area contributed by atoms with E-state index in [-0.39, 0.29) is 0 Å². The van der Waals surface area contributed by atoms with Crippen LogP contribution in [-0.4, -0.2) is 0 Å². The molecule has 134 valence electrons. The molecule has 2 aliphatic rings. The minimum absolute atomic E-state index is 0.781. The van der Waals surface area contributed by atoms with Gasteiger partial charge in [-0.3, -0.25) is 0 Å². The molecule has 3 rings (SSSR count). The van der Waals surface area contributed by atoms with Gasteiger partial charge in [-0.1, -0.05) is 75.6 Å². The molecule has 1 aromatic carbocycles. The van der Waals surface area contributed by atoms with Crippen LogP contribution < -0.4 is 0 Å². The van der Waals surface area contributed by atoms with Crippen molar-refractivity contribution in [2.75, 3.05) is 0 Å². The van der Waals surface area contributed by atoms with Gasteiger partial charge < -0.3 is 0 Å². The van der Waals surface area contributed by atoms with E-state index >= 15 is 0 Å². The van der Waals surface area contributed by atoms with E-state index in [9.17, 15) is 0 Å². The van der Waals surface area contributed by atoms with Crippen LogP contribution in [0.25, 0.3) is 0 Å². The van der Waals surface area contributed by atoms with Crippen molar-refractivity contribution >= 4 is 11.6 Å². The summed E-state index contributed by atoms with van der Waals surface area (Å²) < 4.78 is 0. The zero-order chi connectivity index (χ0) is 16.8. The lowest BCUT2D eigenvalue weighted by molar-refractivity contribution is 0.199. The van der Waals surface area contributed by atoms with Crippen molar-refractivity contribution in [2.24, 2.45) is 17.8 Å². The molecule has 0 aliphatic heterocycles. The van der Waals surface area contributed by atoms with E-state index in [1.165, 1.54) is 82.6 Å². The molecular weight excluding hydrogens is 312 g/mol. The zero-order valence-electron chi connectivity index (χ0n) is 15.5. The first-order chi connectivity index (χ1) is 11.7. The maximum absolute atomic E-state index is 6.02. The molecule has 24 heavy (non-hydrogen) atoms. The Morgan fingerprint density at radius 3 is 1.92 bits per heavy atom. The van der Waals surface area contributed by atoms with Crippen molar-refractivity contribution in [1.29, 1.82) is 0 Å². The molecule has 0 unspecified atom stereocenters. The van der Waals surface area contributed by atoms with Crippen LogP contribution in [0.1, 0.15) is 95.5 Å². The predicted molar refractivity (Wildman–Crippen MR) is 106 cm³/mol. The minimum Gasteiger partial charge on any atom is -0.0843 e. The number of rotatable bonds is 6. The summed E-state index contributed by atoms with van der Waals surface area (Å²) in [5.41, 5.74) is 1.51. The fourth-order valence-corrected chi connectivity index (χ4v) is 5.31. The number of halogens is 1. The molecular formula is C23H35Cl. The normalized spacial score (nSPS) is 31.1. The lowest BCUT2D eigenvalue weighted by atomic mass is 9.72. The van der Waals surface area contributed by atoms with E-state index in [0.717, 1.165) is 28.7 Å². The van der Waals surface area contributed by atoms with Crippen LogP contribution in [0.2, 0.25) is 5.02 Å². The van der Waals surface area contributed by atoms with Crippen LogP contribution >= 0.6 is 11.6 Å². The average molecular weight is 347 g/mol. The number of hydrogen-bond donors (Lipinski definition) is 0. The lowest BCUT2D eigenvalue weighted by Crippen LogP contribution is -2.20. The smallest absolute Gasteiger partial charge is 0.0406 e. The molecule has 0 N–H and O–H groups in total. The van der Waals surface area contributed by atoms with E-state index in [0.29, 0.717) is 0 Å². The first-order valence-electron chi connectivity index (χ1n) is 10.5. The van der Waals surface area contributed by atoms with Gasteiger partial charge in [0.05, 0.1) is 0 Å². The van der Waals surface area contributed by atoms with E-state index in [2.05, 4.69) is 31.2 Å². The first kappa shape index (κ1) is 18.3.